The summed E-state index contributed by atoms with van der Waals surface area (Å²) in [6, 6.07) is 5.09. The molecule has 0 unspecified atom stereocenters. The third-order valence-electron chi connectivity index (χ3n) is 4.31. The number of halogens is 1. The SMILES string of the molecule is COc1ccc(C(=O)Nc2sc3c(c2C(N)=O)CCCCC3)cc1Br. The van der Waals surface area contributed by atoms with Crippen molar-refractivity contribution >= 4 is 44.1 Å². The summed E-state index contributed by atoms with van der Waals surface area (Å²) in [6.45, 7) is 0. The van der Waals surface area contributed by atoms with Crippen LogP contribution < -0.4 is 15.8 Å². The molecular formula is C18H19BrN2O3S. The van der Waals surface area contributed by atoms with Crippen molar-refractivity contribution in [3.8, 4) is 5.75 Å². The van der Waals surface area contributed by atoms with Gasteiger partial charge in [-0.15, -0.1) is 11.3 Å². The number of anilines is 1. The lowest BCUT2D eigenvalue weighted by Crippen LogP contribution is -2.18. The van der Waals surface area contributed by atoms with Gasteiger partial charge in [0.05, 0.1) is 17.1 Å². The molecule has 5 nitrogen and oxygen atoms in total. The maximum Gasteiger partial charge on any atom is 0.256 e. The summed E-state index contributed by atoms with van der Waals surface area (Å²) < 4.78 is 5.87. The van der Waals surface area contributed by atoms with Gasteiger partial charge in [0.1, 0.15) is 10.8 Å². The molecule has 132 valence electrons. The largest absolute Gasteiger partial charge is 0.496 e. The molecule has 0 radical (unpaired) electrons. The van der Waals surface area contributed by atoms with E-state index in [0.29, 0.717) is 26.4 Å². The number of ether oxygens (including phenoxy) is 1. The third-order valence-corrected chi connectivity index (χ3v) is 6.14. The standard InChI is InChI=1S/C18H19BrN2O3S/c1-24-13-8-7-10(9-12(13)19)17(23)21-18-15(16(20)22)11-5-3-2-4-6-14(11)25-18/h7-9H,2-6H2,1H3,(H2,20,22)(H,21,23). The van der Waals surface area contributed by atoms with E-state index < -0.39 is 5.91 Å². The normalized spacial score (nSPS) is 13.7. The fourth-order valence-corrected chi connectivity index (χ4v) is 4.90. The van der Waals surface area contributed by atoms with Crippen molar-refractivity contribution in [1.29, 1.82) is 0 Å². The van der Waals surface area contributed by atoms with E-state index in [1.165, 1.54) is 11.3 Å². The van der Waals surface area contributed by atoms with Crippen molar-refractivity contribution in [2.45, 2.75) is 32.1 Å². The van der Waals surface area contributed by atoms with Crippen LogP contribution in [0.2, 0.25) is 0 Å². The molecule has 0 bridgehead atoms. The van der Waals surface area contributed by atoms with Crippen LogP contribution in [0.15, 0.2) is 22.7 Å². The predicted molar refractivity (Wildman–Crippen MR) is 103 cm³/mol. The topological polar surface area (TPSA) is 81.4 Å². The zero-order valence-electron chi connectivity index (χ0n) is 13.9. The summed E-state index contributed by atoms with van der Waals surface area (Å²) in [6.07, 6.45) is 5.08. The number of hydrogen-bond donors (Lipinski definition) is 2. The Morgan fingerprint density at radius 3 is 2.68 bits per heavy atom. The molecule has 2 aromatic rings. The summed E-state index contributed by atoms with van der Waals surface area (Å²) in [7, 11) is 1.57. The second kappa shape index (κ2) is 7.58. The first-order valence-corrected chi connectivity index (χ1v) is 9.71. The number of nitrogens with two attached hydrogens (primary N) is 1. The van der Waals surface area contributed by atoms with E-state index in [4.69, 9.17) is 10.5 Å². The number of methoxy groups -OCH3 is 1. The van der Waals surface area contributed by atoms with Gasteiger partial charge in [-0.25, -0.2) is 0 Å². The van der Waals surface area contributed by atoms with Crippen LogP contribution in [-0.2, 0) is 12.8 Å². The molecule has 0 atom stereocenters. The molecule has 0 saturated carbocycles. The van der Waals surface area contributed by atoms with Crippen LogP contribution in [0.1, 0.15) is 50.4 Å². The van der Waals surface area contributed by atoms with Crippen molar-refractivity contribution in [1.82, 2.24) is 0 Å². The Hall–Kier alpha value is -1.86. The zero-order valence-corrected chi connectivity index (χ0v) is 16.3. The average molecular weight is 423 g/mol. The minimum Gasteiger partial charge on any atom is -0.496 e. The van der Waals surface area contributed by atoms with Crippen molar-refractivity contribution in [3.63, 3.8) is 0 Å². The second-order valence-electron chi connectivity index (χ2n) is 5.94. The Morgan fingerprint density at radius 1 is 1.24 bits per heavy atom. The number of amides is 2. The summed E-state index contributed by atoms with van der Waals surface area (Å²) in [5.74, 6) is -0.106. The summed E-state index contributed by atoms with van der Waals surface area (Å²) in [4.78, 5) is 25.7. The van der Waals surface area contributed by atoms with E-state index in [1.807, 2.05) is 0 Å². The van der Waals surface area contributed by atoms with E-state index in [2.05, 4.69) is 21.2 Å². The number of carbonyl (C=O) groups excluding carboxylic acids is 2. The Morgan fingerprint density at radius 2 is 2.00 bits per heavy atom. The van der Waals surface area contributed by atoms with Gasteiger partial charge in [-0.05, 0) is 65.4 Å². The number of primary amides is 1. The average Bonchev–Trinajstić information content (AvgIpc) is 2.76. The van der Waals surface area contributed by atoms with Gasteiger partial charge in [0.25, 0.3) is 11.8 Å². The Balaban J connectivity index is 1.91. The molecule has 0 saturated heterocycles. The molecule has 25 heavy (non-hydrogen) atoms. The van der Waals surface area contributed by atoms with Gasteiger partial charge in [-0.3, -0.25) is 9.59 Å². The van der Waals surface area contributed by atoms with Crippen molar-refractivity contribution in [3.05, 3.63) is 44.2 Å². The van der Waals surface area contributed by atoms with Crippen LogP contribution >= 0.6 is 27.3 Å². The van der Waals surface area contributed by atoms with Gasteiger partial charge in [-0.2, -0.15) is 0 Å². The summed E-state index contributed by atoms with van der Waals surface area (Å²) in [5, 5.41) is 3.42. The van der Waals surface area contributed by atoms with Gasteiger partial charge >= 0.3 is 0 Å². The number of benzene rings is 1. The fraction of sp³-hybridized carbons (Fsp3) is 0.333. The van der Waals surface area contributed by atoms with Gasteiger partial charge < -0.3 is 15.8 Å². The molecule has 1 heterocycles. The monoisotopic (exact) mass is 422 g/mol. The van der Waals surface area contributed by atoms with Gasteiger partial charge in [-0.1, -0.05) is 6.42 Å². The van der Waals surface area contributed by atoms with Crippen LogP contribution in [0.25, 0.3) is 0 Å². The quantitative estimate of drug-likeness (QED) is 0.726. The van der Waals surface area contributed by atoms with Crippen LogP contribution in [0.3, 0.4) is 0 Å². The number of hydrogen-bond acceptors (Lipinski definition) is 4. The Bertz CT molecular complexity index is 832. The molecule has 0 fully saturated rings. The first-order valence-electron chi connectivity index (χ1n) is 8.10. The fourth-order valence-electron chi connectivity index (χ4n) is 3.07. The molecule has 3 N–H and O–H groups in total. The maximum atomic E-state index is 12.6. The van der Waals surface area contributed by atoms with E-state index in [9.17, 15) is 9.59 Å². The third kappa shape index (κ3) is 3.72. The molecule has 0 spiro atoms. The molecular weight excluding hydrogens is 404 g/mol. The number of carbonyl (C=O) groups is 2. The van der Waals surface area contributed by atoms with Crippen LogP contribution in [0.5, 0.6) is 5.75 Å². The Kier molecular flexibility index (Phi) is 5.44. The molecule has 7 heteroatoms. The first kappa shape index (κ1) is 17.9. The van der Waals surface area contributed by atoms with Crippen molar-refractivity contribution < 1.29 is 14.3 Å². The van der Waals surface area contributed by atoms with E-state index in [-0.39, 0.29) is 5.91 Å². The van der Waals surface area contributed by atoms with Crippen LogP contribution in [-0.4, -0.2) is 18.9 Å². The van der Waals surface area contributed by atoms with Crippen molar-refractivity contribution in [2.75, 3.05) is 12.4 Å². The first-order chi connectivity index (χ1) is 12.0. The number of thiophene rings is 1. The molecule has 3 rings (SSSR count). The highest BCUT2D eigenvalue weighted by atomic mass is 79.9. The summed E-state index contributed by atoms with van der Waals surface area (Å²) >= 11 is 4.85. The minimum absolute atomic E-state index is 0.276. The molecule has 0 aliphatic heterocycles. The van der Waals surface area contributed by atoms with Crippen LogP contribution in [0.4, 0.5) is 5.00 Å². The van der Waals surface area contributed by atoms with Gasteiger partial charge in [0.2, 0.25) is 0 Å². The highest BCUT2D eigenvalue weighted by molar-refractivity contribution is 9.10. The van der Waals surface area contributed by atoms with Crippen molar-refractivity contribution in [2.24, 2.45) is 5.73 Å². The van der Waals surface area contributed by atoms with E-state index in [0.717, 1.165) is 42.5 Å². The molecule has 1 aliphatic carbocycles. The molecule has 1 aromatic carbocycles. The molecule has 2 amide bonds. The highest BCUT2D eigenvalue weighted by Gasteiger charge is 2.24. The smallest absolute Gasteiger partial charge is 0.256 e. The summed E-state index contributed by atoms with van der Waals surface area (Å²) in [5.41, 5.74) is 7.57. The number of fused-ring (bicyclic) bond motifs is 1. The minimum atomic E-state index is -0.481. The zero-order chi connectivity index (χ0) is 18.0. The Labute approximate surface area is 158 Å². The van der Waals surface area contributed by atoms with Crippen LogP contribution in [0, 0.1) is 0 Å². The molecule has 1 aliphatic rings. The number of nitrogens with one attached hydrogen (secondary N) is 1. The second-order valence-corrected chi connectivity index (χ2v) is 7.90. The number of rotatable bonds is 4. The molecule has 1 aromatic heterocycles. The van der Waals surface area contributed by atoms with E-state index in [1.54, 1.807) is 25.3 Å². The lowest BCUT2D eigenvalue weighted by atomic mass is 10.1. The lowest BCUT2D eigenvalue weighted by molar-refractivity contribution is 0.100. The van der Waals surface area contributed by atoms with Gasteiger partial charge in [0.15, 0.2) is 0 Å². The van der Waals surface area contributed by atoms with Gasteiger partial charge in [0, 0.05) is 10.4 Å². The predicted octanol–water partition coefficient (Wildman–Crippen LogP) is 4.14. The lowest BCUT2D eigenvalue weighted by Gasteiger charge is -2.08. The highest BCUT2D eigenvalue weighted by Crippen LogP contribution is 2.37. The van der Waals surface area contributed by atoms with E-state index >= 15 is 0 Å². The number of aryl methyl sites for hydroxylation is 1. The maximum absolute atomic E-state index is 12.6.